The Morgan fingerprint density at radius 2 is 2.20 bits per heavy atom. The van der Waals surface area contributed by atoms with Gasteiger partial charge < -0.3 is 19.5 Å². The summed E-state index contributed by atoms with van der Waals surface area (Å²) >= 11 is 1.37. The van der Waals surface area contributed by atoms with Gasteiger partial charge >= 0.3 is 5.97 Å². The Morgan fingerprint density at radius 1 is 1.40 bits per heavy atom. The molecule has 1 aliphatic heterocycles. The van der Waals surface area contributed by atoms with E-state index in [1.807, 2.05) is 11.0 Å². The maximum absolute atomic E-state index is 12.3. The van der Waals surface area contributed by atoms with Crippen molar-refractivity contribution in [2.24, 2.45) is 5.41 Å². The molecule has 0 spiro atoms. The molecule has 2 fully saturated rings. The molecule has 1 amide bonds. The largest absolute Gasteiger partial charge is 0.465 e. The van der Waals surface area contributed by atoms with Crippen LogP contribution < -0.4 is 0 Å². The zero-order chi connectivity index (χ0) is 21.6. The number of methoxy groups -OCH3 is 1. The summed E-state index contributed by atoms with van der Waals surface area (Å²) in [5, 5.41) is 10.7. The predicted octanol–water partition coefficient (Wildman–Crippen LogP) is 4.15. The molecule has 1 saturated carbocycles. The number of rotatable bonds is 12. The summed E-state index contributed by atoms with van der Waals surface area (Å²) in [6.45, 7) is 3.81. The molecule has 3 rings (SSSR count). The van der Waals surface area contributed by atoms with Crippen LogP contribution in [0.5, 0.6) is 0 Å². The second-order valence-corrected chi connectivity index (χ2v) is 9.84. The van der Waals surface area contributed by atoms with Crippen LogP contribution in [0.15, 0.2) is 12.1 Å². The lowest BCUT2D eigenvalue weighted by molar-refractivity contribution is -0.130. The molecule has 2 aliphatic rings. The first-order valence-electron chi connectivity index (χ1n) is 11.2. The molecule has 30 heavy (non-hydrogen) atoms. The molecular formula is C23H35NO5S. The predicted molar refractivity (Wildman–Crippen MR) is 116 cm³/mol. The SMILES string of the molecule is CCCC1(C(O)CCCN2C(=O)CCC2COCc2ccc(C(=O)OC)s2)CCC1. The highest BCUT2D eigenvalue weighted by Crippen LogP contribution is 2.48. The lowest BCUT2D eigenvalue weighted by Gasteiger charge is -2.46. The zero-order valence-electron chi connectivity index (χ0n) is 18.2. The van der Waals surface area contributed by atoms with Crippen molar-refractivity contribution < 1.29 is 24.2 Å². The Balaban J connectivity index is 1.41. The van der Waals surface area contributed by atoms with Gasteiger partial charge in [0.15, 0.2) is 0 Å². The van der Waals surface area contributed by atoms with E-state index in [1.54, 1.807) is 6.07 Å². The monoisotopic (exact) mass is 437 g/mol. The second kappa shape index (κ2) is 10.7. The Morgan fingerprint density at radius 3 is 2.87 bits per heavy atom. The third-order valence-electron chi connectivity index (χ3n) is 6.74. The normalized spacial score (nSPS) is 21.5. The molecule has 1 N–H and O–H groups in total. The molecule has 1 aliphatic carbocycles. The summed E-state index contributed by atoms with van der Waals surface area (Å²) in [6.07, 6.45) is 8.48. The van der Waals surface area contributed by atoms with Crippen molar-refractivity contribution in [1.29, 1.82) is 0 Å². The van der Waals surface area contributed by atoms with Gasteiger partial charge in [-0.25, -0.2) is 4.79 Å². The van der Waals surface area contributed by atoms with Crippen LogP contribution in [0.4, 0.5) is 0 Å². The molecule has 1 aromatic heterocycles. The molecule has 7 heteroatoms. The van der Waals surface area contributed by atoms with E-state index in [0.717, 1.165) is 49.8 Å². The minimum absolute atomic E-state index is 0.1000. The third kappa shape index (κ3) is 5.42. The van der Waals surface area contributed by atoms with Gasteiger partial charge in [0.05, 0.1) is 32.5 Å². The standard InChI is InChI=1S/C23H35NO5S/c1-3-11-23(12-5-13-23)20(25)6-4-14-24-17(7-10-21(24)26)15-29-16-18-8-9-19(30-18)22(27)28-2/h8-9,17,20,25H,3-7,10-16H2,1-2H3. The number of hydrogen-bond acceptors (Lipinski definition) is 6. The van der Waals surface area contributed by atoms with Gasteiger partial charge in [-0.05, 0) is 56.1 Å². The van der Waals surface area contributed by atoms with Crippen LogP contribution in [0.1, 0.15) is 79.3 Å². The highest BCUT2D eigenvalue weighted by molar-refractivity contribution is 7.13. The lowest BCUT2D eigenvalue weighted by Crippen LogP contribution is -2.42. The number of aliphatic hydroxyl groups is 1. The van der Waals surface area contributed by atoms with Crippen LogP contribution in [-0.4, -0.2) is 54.3 Å². The Labute approximate surface area is 183 Å². The lowest BCUT2D eigenvalue weighted by atomic mass is 9.62. The molecule has 2 heterocycles. The van der Waals surface area contributed by atoms with Gasteiger partial charge in [-0.3, -0.25) is 4.79 Å². The van der Waals surface area contributed by atoms with E-state index >= 15 is 0 Å². The van der Waals surface area contributed by atoms with Crippen molar-refractivity contribution >= 4 is 23.2 Å². The molecule has 6 nitrogen and oxygen atoms in total. The van der Waals surface area contributed by atoms with E-state index < -0.39 is 0 Å². The van der Waals surface area contributed by atoms with Crippen molar-refractivity contribution in [3.63, 3.8) is 0 Å². The second-order valence-electron chi connectivity index (χ2n) is 8.68. The molecule has 1 aromatic rings. The van der Waals surface area contributed by atoms with Gasteiger partial charge in [-0.2, -0.15) is 0 Å². The fourth-order valence-electron chi connectivity index (χ4n) is 4.87. The first kappa shape index (κ1) is 23.2. The van der Waals surface area contributed by atoms with Crippen molar-refractivity contribution in [3.8, 4) is 0 Å². The number of nitrogens with zero attached hydrogens (tertiary/aromatic N) is 1. The summed E-state index contributed by atoms with van der Waals surface area (Å²) in [5.41, 5.74) is 0.135. The average molecular weight is 438 g/mol. The number of carbonyl (C=O) groups excluding carboxylic acids is 2. The number of ether oxygens (including phenoxy) is 2. The first-order chi connectivity index (χ1) is 14.5. The highest BCUT2D eigenvalue weighted by atomic mass is 32.1. The topological polar surface area (TPSA) is 76.1 Å². The summed E-state index contributed by atoms with van der Waals surface area (Å²) in [4.78, 5) is 27.4. The van der Waals surface area contributed by atoms with E-state index in [0.29, 0.717) is 31.1 Å². The van der Waals surface area contributed by atoms with Gasteiger partial charge in [0.2, 0.25) is 5.91 Å². The average Bonchev–Trinajstić information content (AvgIpc) is 3.32. The van der Waals surface area contributed by atoms with E-state index in [1.165, 1.54) is 24.9 Å². The summed E-state index contributed by atoms with van der Waals surface area (Å²) in [7, 11) is 1.37. The first-order valence-corrected chi connectivity index (χ1v) is 12.0. The minimum Gasteiger partial charge on any atom is -0.465 e. The van der Waals surface area contributed by atoms with Crippen molar-refractivity contribution in [1.82, 2.24) is 4.90 Å². The van der Waals surface area contributed by atoms with E-state index in [2.05, 4.69) is 6.92 Å². The van der Waals surface area contributed by atoms with E-state index in [-0.39, 0.29) is 29.4 Å². The quantitative estimate of drug-likeness (QED) is 0.497. The molecule has 168 valence electrons. The Hall–Kier alpha value is -1.44. The third-order valence-corrected chi connectivity index (χ3v) is 7.77. The fraction of sp³-hybridized carbons (Fsp3) is 0.739. The van der Waals surface area contributed by atoms with Crippen LogP contribution in [0.3, 0.4) is 0 Å². The van der Waals surface area contributed by atoms with E-state index in [4.69, 9.17) is 9.47 Å². The van der Waals surface area contributed by atoms with Gasteiger partial charge in [0.1, 0.15) is 4.88 Å². The van der Waals surface area contributed by atoms with Crippen LogP contribution in [-0.2, 0) is 20.9 Å². The molecule has 0 bridgehead atoms. The highest BCUT2D eigenvalue weighted by Gasteiger charge is 2.42. The number of amides is 1. The number of esters is 1. The molecular weight excluding hydrogens is 402 g/mol. The van der Waals surface area contributed by atoms with Crippen LogP contribution in [0.2, 0.25) is 0 Å². The number of likely N-dealkylation sites (tertiary alicyclic amines) is 1. The number of hydrogen-bond donors (Lipinski definition) is 1. The van der Waals surface area contributed by atoms with E-state index in [9.17, 15) is 14.7 Å². The molecule has 1 saturated heterocycles. The fourth-order valence-corrected chi connectivity index (χ4v) is 5.74. The van der Waals surface area contributed by atoms with Crippen molar-refractivity contribution in [2.45, 2.75) is 83.5 Å². The van der Waals surface area contributed by atoms with Crippen molar-refractivity contribution in [2.75, 3.05) is 20.3 Å². The summed E-state index contributed by atoms with van der Waals surface area (Å²) in [6, 6.07) is 3.73. The van der Waals surface area contributed by atoms with Gasteiger partial charge in [-0.15, -0.1) is 11.3 Å². The smallest absolute Gasteiger partial charge is 0.348 e. The Bertz CT molecular complexity index is 714. The summed E-state index contributed by atoms with van der Waals surface area (Å²) < 4.78 is 10.6. The maximum Gasteiger partial charge on any atom is 0.348 e. The van der Waals surface area contributed by atoms with Crippen LogP contribution >= 0.6 is 11.3 Å². The summed E-state index contributed by atoms with van der Waals surface area (Å²) in [5.74, 6) is -0.141. The van der Waals surface area contributed by atoms with Crippen LogP contribution in [0.25, 0.3) is 0 Å². The zero-order valence-corrected chi connectivity index (χ0v) is 19.0. The van der Waals surface area contributed by atoms with Gasteiger partial charge in [-0.1, -0.05) is 19.8 Å². The molecule has 2 unspecified atom stereocenters. The maximum atomic E-state index is 12.3. The molecule has 0 radical (unpaired) electrons. The van der Waals surface area contributed by atoms with Crippen molar-refractivity contribution in [3.05, 3.63) is 21.9 Å². The van der Waals surface area contributed by atoms with Gasteiger partial charge in [0, 0.05) is 17.8 Å². The number of carbonyl (C=O) groups is 2. The number of aliphatic hydroxyl groups excluding tert-OH is 1. The van der Waals surface area contributed by atoms with Gasteiger partial charge in [0.25, 0.3) is 0 Å². The van der Waals surface area contributed by atoms with Crippen LogP contribution in [0, 0.1) is 5.41 Å². The molecule has 2 atom stereocenters. The molecule has 0 aromatic carbocycles. The minimum atomic E-state index is -0.330. The Kier molecular flexibility index (Phi) is 8.31. The number of thiophene rings is 1.